The molecule has 11 nitrogen and oxygen atoms in total. The third-order valence-corrected chi connectivity index (χ3v) is 21.2. The second kappa shape index (κ2) is 37.2. The predicted octanol–water partition coefficient (Wildman–Crippen LogP) is 17.2. The lowest BCUT2D eigenvalue weighted by Crippen LogP contribution is -2.34. The van der Waals surface area contributed by atoms with E-state index >= 15 is 0 Å². The van der Waals surface area contributed by atoms with Crippen LogP contribution in [0.5, 0.6) is 0 Å². The Morgan fingerprint density at radius 3 is 1.39 bits per heavy atom. The van der Waals surface area contributed by atoms with E-state index in [0.29, 0.717) is 86.0 Å². The Balaban J connectivity index is 0. The molecule has 0 spiro atoms. The molecule has 0 radical (unpaired) electrons. The first-order valence-electron chi connectivity index (χ1n) is 31.6. The highest BCUT2D eigenvalue weighted by molar-refractivity contribution is 7.94. The Morgan fingerprint density at radius 2 is 1.08 bits per heavy atom. The number of sulfone groups is 1. The molecule has 0 bridgehead atoms. The first kappa shape index (κ1) is 83.3. The Morgan fingerprint density at radius 1 is 0.624 bits per heavy atom. The van der Waals surface area contributed by atoms with Crippen molar-refractivity contribution in [2.45, 2.75) is 258 Å². The molecule has 5 rings (SSSR count). The van der Waals surface area contributed by atoms with Gasteiger partial charge in [-0.05, 0) is 202 Å². The molecule has 0 aromatic rings. The molecule has 1 amide bonds. The smallest absolute Gasteiger partial charge is 0.333 e. The fourth-order valence-electron chi connectivity index (χ4n) is 10.2. The topological polar surface area (TPSA) is 152 Å². The van der Waals surface area contributed by atoms with Crippen LogP contribution in [0.2, 0.25) is 0 Å². The van der Waals surface area contributed by atoms with Gasteiger partial charge in [-0.2, -0.15) is 0 Å². The van der Waals surface area contributed by atoms with Gasteiger partial charge in [0.15, 0.2) is 27.2 Å². The average molecular weight is 1230 g/mol. The number of ether oxygens (including phenoxy) is 1. The molecule has 490 valence electrons. The van der Waals surface area contributed by atoms with Crippen LogP contribution in [-0.2, 0) is 49.3 Å². The van der Waals surface area contributed by atoms with Gasteiger partial charge >= 0.3 is 5.97 Å². The number of ketones is 3. The van der Waals surface area contributed by atoms with E-state index in [4.69, 9.17) is 4.74 Å². The van der Waals surface area contributed by atoms with Gasteiger partial charge in [0.2, 0.25) is 5.91 Å². The number of allylic oxidation sites excluding steroid dienone is 11. The summed E-state index contributed by atoms with van der Waals surface area (Å²) in [6.45, 7) is 63.3. The Bertz CT molecular complexity index is 2610. The van der Waals surface area contributed by atoms with Crippen molar-refractivity contribution in [3.8, 4) is 0 Å². The highest BCUT2D eigenvalue weighted by Crippen LogP contribution is 2.36. The molecule has 6 atom stereocenters. The van der Waals surface area contributed by atoms with E-state index in [1.165, 1.54) is 35.9 Å². The van der Waals surface area contributed by atoms with Crippen LogP contribution in [0.1, 0.15) is 240 Å². The van der Waals surface area contributed by atoms with E-state index in [1.807, 2.05) is 88.0 Å². The molecule has 0 aromatic heterocycles. The maximum absolute atomic E-state index is 11.9. The maximum atomic E-state index is 11.9. The zero-order valence-electron chi connectivity index (χ0n) is 60.3. The molecule has 3 heterocycles. The van der Waals surface area contributed by atoms with E-state index in [1.54, 1.807) is 40.0 Å². The molecule has 6 unspecified atom stereocenters. The molecule has 0 N–H and O–H groups in total. The fraction of sp³-hybridized carbons (Fsp3) is 0.736. The van der Waals surface area contributed by atoms with Crippen molar-refractivity contribution in [1.29, 1.82) is 0 Å². The number of rotatable bonds is 10. The van der Waals surface area contributed by atoms with Gasteiger partial charge in [-0.3, -0.25) is 23.4 Å². The van der Waals surface area contributed by atoms with Crippen LogP contribution in [-0.4, -0.2) is 102 Å². The number of Topliss-reactive ketones (excluding diaryl/α,β-unsaturated/α-hetero) is 3. The summed E-state index contributed by atoms with van der Waals surface area (Å²) in [4.78, 5) is 64.2. The lowest BCUT2D eigenvalue weighted by molar-refractivity contribution is -0.148. The van der Waals surface area contributed by atoms with Crippen LogP contribution in [0.15, 0.2) is 77.2 Å². The monoisotopic (exact) mass is 1230 g/mol. The summed E-state index contributed by atoms with van der Waals surface area (Å²) in [5, 5.41) is 0. The van der Waals surface area contributed by atoms with E-state index < -0.39 is 20.6 Å². The maximum Gasteiger partial charge on any atom is 0.333 e. The molecule has 2 aliphatic carbocycles. The molecule has 0 aromatic carbocycles. The van der Waals surface area contributed by atoms with Gasteiger partial charge in [0.05, 0.1) is 0 Å². The third-order valence-electron chi connectivity index (χ3n) is 18.6. The number of carbonyl (C=O) groups is 5. The van der Waals surface area contributed by atoms with Crippen molar-refractivity contribution in [3.05, 3.63) is 77.2 Å². The minimum absolute atomic E-state index is 0.0193. The lowest BCUT2D eigenvalue weighted by Gasteiger charge is -2.26. The second-order valence-electron chi connectivity index (χ2n) is 28.4. The van der Waals surface area contributed by atoms with Crippen LogP contribution in [0.4, 0.5) is 0 Å². The lowest BCUT2D eigenvalue weighted by atomic mass is 9.78. The molecule has 5 aliphatic rings. The number of hydrogen-bond donors (Lipinski definition) is 0. The second-order valence-corrected chi connectivity index (χ2v) is 32.0. The molecule has 85 heavy (non-hydrogen) atoms. The number of cyclic esters (lactones) is 1. The number of hydrogen-bond acceptors (Lipinski definition) is 10. The highest BCUT2D eigenvalue weighted by Gasteiger charge is 2.37. The molecule has 2 fully saturated rings. The van der Waals surface area contributed by atoms with Crippen molar-refractivity contribution < 1.29 is 41.3 Å². The van der Waals surface area contributed by atoms with Gasteiger partial charge in [0.1, 0.15) is 6.10 Å². The van der Waals surface area contributed by atoms with Crippen LogP contribution in [0, 0.1) is 59.2 Å². The number of esters is 1. The van der Waals surface area contributed by atoms with Crippen LogP contribution in [0.25, 0.3) is 0 Å². The van der Waals surface area contributed by atoms with Crippen LogP contribution >= 0.6 is 0 Å². The summed E-state index contributed by atoms with van der Waals surface area (Å²) < 4.78 is 38.2. The third kappa shape index (κ3) is 27.6. The van der Waals surface area contributed by atoms with E-state index in [2.05, 4.69) is 109 Å². The summed E-state index contributed by atoms with van der Waals surface area (Å²) in [6.07, 6.45) is 10.1. The number of nitrogens with zero attached hydrogens (tertiary/aromatic N) is 2. The highest BCUT2D eigenvalue weighted by atomic mass is 32.2. The molecule has 3 aliphatic heterocycles. The predicted molar refractivity (Wildman–Crippen MR) is 363 cm³/mol. The van der Waals surface area contributed by atoms with Crippen molar-refractivity contribution in [2.75, 3.05) is 32.6 Å². The van der Waals surface area contributed by atoms with Crippen LogP contribution < -0.4 is 0 Å². The first-order chi connectivity index (χ1) is 38.5. The summed E-state index contributed by atoms with van der Waals surface area (Å²) in [6, 6.07) is 0.403. The van der Waals surface area contributed by atoms with Gasteiger partial charge in [-0.15, -0.1) is 0 Å². The van der Waals surface area contributed by atoms with Gasteiger partial charge in [0.25, 0.3) is 0 Å². The normalized spacial score (nSPS) is 22.8. The van der Waals surface area contributed by atoms with Gasteiger partial charge in [-0.25, -0.2) is 13.2 Å². The Kier molecular flexibility index (Phi) is 36.5. The number of carbonyl (C=O) groups excluding carboxylic acids is 5. The van der Waals surface area contributed by atoms with E-state index in [9.17, 15) is 36.6 Å². The first-order valence-corrected chi connectivity index (χ1v) is 35.0. The molecular weight excluding hydrogens is 1100 g/mol. The van der Waals surface area contributed by atoms with E-state index in [0.717, 1.165) is 71.3 Å². The summed E-state index contributed by atoms with van der Waals surface area (Å²) >= 11 is 0. The molecule has 13 heteroatoms. The minimum atomic E-state index is -2.97. The summed E-state index contributed by atoms with van der Waals surface area (Å²) in [7, 11) is -1.51. The Hall–Kier alpha value is -3.81. The van der Waals surface area contributed by atoms with Crippen molar-refractivity contribution >= 4 is 49.9 Å². The largest absolute Gasteiger partial charge is 0.458 e. The standard InChI is InChI=1S/C13H23NO.C12H16O2.C11H18O.C10H21N.C10H16O2.C8H16O2S.C8H16OS/c1-9(2)6-13(15)14-8-12(10(3)4)7-11(14)5;1-6(2)10-9(5)11(13)7(3)8(4)12(10)14;1-7(2)10-5-8(3)9(4)11(12)6-10;1-8(2)9-6-10(3,4)11(5)7-9;1-6(2)9-5-7(3)8(4)10(11)12-9;1-6(2)7(3)8(4)11(5,9)10;1-6(2)7(3)8(4)10(5)9/h6,10-12H,7-8H2,1-5H3;6H,1-5H3;7,10H,5-6H2,1-4H3;8-9H,6-7H2,1-5H3;6,9H,5H2,1-4H3;6H,1-5H3;6H,1-5H3/b;;;;;2*8-7+. The molecular formula is C72H126N2O9S2. The molecule has 2 saturated heterocycles. The summed E-state index contributed by atoms with van der Waals surface area (Å²) in [5.74, 6) is 6.15. The zero-order valence-corrected chi connectivity index (χ0v) is 62.0. The van der Waals surface area contributed by atoms with E-state index in [-0.39, 0.29) is 35.5 Å². The van der Waals surface area contributed by atoms with Gasteiger partial charge < -0.3 is 14.5 Å². The van der Waals surface area contributed by atoms with Crippen molar-refractivity contribution in [2.24, 2.45) is 59.2 Å². The number of likely N-dealkylation sites (tertiary alicyclic amines) is 2. The number of amides is 1. The molecule has 0 saturated carbocycles. The SMILES string of the molecule is C/C(=C(/C)S(C)(=O)=O)C(C)C.C/C(=C(/C)S(C)=O)C(C)C.CC(C)=CC(=O)N1CC(C(C)C)CC1C.CC(C)C1CN(C)C(C)(C)C1.CC1=C(C)C(=O)C(C(C)C)=C(C)C1=O.CC1=C(C)C(=O)CC(C(C)C)C1.CC1=C(C)C(=O)OC(C(C)C)C1. The van der Waals surface area contributed by atoms with Crippen LogP contribution in [0.3, 0.4) is 0 Å². The van der Waals surface area contributed by atoms with Gasteiger partial charge in [-0.1, -0.05) is 125 Å². The van der Waals surface area contributed by atoms with Gasteiger partial charge in [0, 0.05) is 105 Å². The quantitative estimate of drug-likeness (QED) is 0.117. The fourth-order valence-corrected chi connectivity index (χ4v) is 11.7. The summed E-state index contributed by atoms with van der Waals surface area (Å²) in [5.41, 5.74) is 10.5. The average Bonchev–Trinajstić information content (AvgIpc) is 3.95. The Labute approximate surface area is 524 Å². The van der Waals surface area contributed by atoms with Crippen molar-refractivity contribution in [3.63, 3.8) is 0 Å². The minimum Gasteiger partial charge on any atom is -0.458 e. The van der Waals surface area contributed by atoms with Crippen molar-refractivity contribution in [1.82, 2.24) is 9.80 Å². The zero-order chi connectivity index (χ0) is 67.4.